The van der Waals surface area contributed by atoms with Crippen LogP contribution >= 0.6 is 0 Å². The van der Waals surface area contributed by atoms with E-state index in [0.717, 1.165) is 39.0 Å². The Bertz CT molecular complexity index is 1150. The van der Waals surface area contributed by atoms with E-state index in [1.54, 1.807) is 0 Å². The molecule has 0 spiro atoms. The van der Waals surface area contributed by atoms with E-state index in [-0.39, 0.29) is 0 Å². The molecule has 2 heteroatoms. The quantitative estimate of drug-likeness (QED) is 0.349. The lowest BCUT2D eigenvalue weighted by molar-refractivity contribution is 0.669. The van der Waals surface area contributed by atoms with E-state index in [0.29, 0.717) is 0 Å². The molecule has 4 aromatic rings. The molecule has 0 atom stereocenters. The van der Waals surface area contributed by atoms with Gasteiger partial charge in [-0.15, -0.1) is 0 Å². The third-order valence-corrected chi connectivity index (χ3v) is 4.52. The van der Waals surface area contributed by atoms with Crippen LogP contribution in [-0.2, 0) is 0 Å². The number of benzene rings is 3. The van der Waals surface area contributed by atoms with E-state index in [9.17, 15) is 0 Å². The number of rotatable bonds is 5. The standard InChI is InChI=1S/C25H21NO/c1-3-10-19(11-4-2)26(20-12-6-5-7-13-20)21-16-17-25-23(18-21)22-14-8-9-15-24(22)27-25/h3-18H,1H2,2H3/b11-4-,19-10+. The Hall–Kier alpha value is -3.52. The lowest BCUT2D eigenvalue weighted by Gasteiger charge is -2.26. The molecule has 0 aliphatic carbocycles. The number of anilines is 2. The maximum Gasteiger partial charge on any atom is 0.135 e. The summed E-state index contributed by atoms with van der Waals surface area (Å²) in [5.41, 5.74) is 5.02. The van der Waals surface area contributed by atoms with Crippen LogP contribution in [0.2, 0.25) is 0 Å². The second kappa shape index (κ2) is 7.38. The van der Waals surface area contributed by atoms with Crippen LogP contribution in [0.25, 0.3) is 21.9 Å². The second-order valence-electron chi connectivity index (χ2n) is 6.28. The second-order valence-corrected chi connectivity index (χ2v) is 6.28. The van der Waals surface area contributed by atoms with E-state index >= 15 is 0 Å². The molecule has 1 heterocycles. The zero-order chi connectivity index (χ0) is 18.6. The summed E-state index contributed by atoms with van der Waals surface area (Å²) in [4.78, 5) is 2.23. The molecule has 0 aliphatic heterocycles. The minimum atomic E-state index is 0.897. The molecule has 1 aromatic heterocycles. The van der Waals surface area contributed by atoms with E-state index in [4.69, 9.17) is 4.42 Å². The minimum absolute atomic E-state index is 0.897. The van der Waals surface area contributed by atoms with Gasteiger partial charge in [-0.1, -0.05) is 55.1 Å². The molecule has 0 unspecified atom stereocenters. The van der Waals surface area contributed by atoms with Crippen molar-refractivity contribution in [1.82, 2.24) is 0 Å². The maximum atomic E-state index is 5.99. The van der Waals surface area contributed by atoms with Crippen molar-refractivity contribution >= 4 is 33.3 Å². The molecule has 0 aliphatic rings. The van der Waals surface area contributed by atoms with Gasteiger partial charge in [-0.05, 0) is 55.5 Å². The number of hydrogen-bond acceptors (Lipinski definition) is 2. The van der Waals surface area contributed by atoms with Crippen LogP contribution in [-0.4, -0.2) is 0 Å². The van der Waals surface area contributed by atoms with Crippen molar-refractivity contribution < 1.29 is 4.42 Å². The summed E-state index contributed by atoms with van der Waals surface area (Å²) in [6, 6.07) is 24.8. The zero-order valence-electron chi connectivity index (χ0n) is 15.3. The highest BCUT2D eigenvalue weighted by Gasteiger charge is 2.15. The van der Waals surface area contributed by atoms with Gasteiger partial charge in [0.1, 0.15) is 11.2 Å². The van der Waals surface area contributed by atoms with Gasteiger partial charge in [0.15, 0.2) is 0 Å². The summed E-state index contributed by atoms with van der Waals surface area (Å²) in [6.07, 6.45) is 7.96. The lowest BCUT2D eigenvalue weighted by Crippen LogP contribution is -2.14. The molecule has 0 bridgehead atoms. The number of fused-ring (bicyclic) bond motifs is 3. The topological polar surface area (TPSA) is 16.4 Å². The highest BCUT2D eigenvalue weighted by atomic mass is 16.3. The van der Waals surface area contributed by atoms with Crippen molar-refractivity contribution in [3.63, 3.8) is 0 Å². The van der Waals surface area contributed by atoms with Gasteiger partial charge in [-0.3, -0.25) is 0 Å². The van der Waals surface area contributed by atoms with Crippen LogP contribution < -0.4 is 4.90 Å². The van der Waals surface area contributed by atoms with E-state index in [1.807, 2.05) is 55.5 Å². The fourth-order valence-corrected chi connectivity index (χ4v) is 3.37. The Morgan fingerprint density at radius 3 is 2.37 bits per heavy atom. The molecule has 3 aromatic carbocycles. The summed E-state index contributed by atoms with van der Waals surface area (Å²) in [5.74, 6) is 0. The number of nitrogens with zero attached hydrogens (tertiary/aromatic N) is 1. The Kier molecular flexibility index (Phi) is 4.63. The smallest absolute Gasteiger partial charge is 0.135 e. The first-order chi connectivity index (χ1) is 13.3. The first kappa shape index (κ1) is 16.9. The van der Waals surface area contributed by atoms with Gasteiger partial charge in [0.25, 0.3) is 0 Å². The summed E-state index contributed by atoms with van der Waals surface area (Å²) in [5, 5.41) is 2.24. The van der Waals surface area contributed by atoms with Crippen molar-refractivity contribution in [2.45, 2.75) is 6.92 Å². The number of para-hydroxylation sites is 2. The van der Waals surface area contributed by atoms with Crippen molar-refractivity contribution in [3.05, 3.63) is 109 Å². The van der Waals surface area contributed by atoms with Gasteiger partial charge in [0.05, 0.1) is 0 Å². The SMILES string of the molecule is C=C/C=C(\C=C/C)N(c1ccccc1)c1ccc2oc3ccccc3c2c1. The normalized spacial score (nSPS) is 12.1. The first-order valence-corrected chi connectivity index (χ1v) is 9.03. The highest BCUT2D eigenvalue weighted by Crippen LogP contribution is 2.36. The molecular weight excluding hydrogens is 330 g/mol. The molecular formula is C25H21NO. The summed E-state index contributed by atoms with van der Waals surface area (Å²) in [7, 11) is 0. The maximum absolute atomic E-state index is 5.99. The lowest BCUT2D eigenvalue weighted by atomic mass is 10.1. The van der Waals surface area contributed by atoms with E-state index in [1.165, 1.54) is 0 Å². The van der Waals surface area contributed by atoms with Crippen LogP contribution in [0, 0.1) is 0 Å². The molecule has 27 heavy (non-hydrogen) atoms. The summed E-state index contributed by atoms with van der Waals surface area (Å²) >= 11 is 0. The predicted molar refractivity (Wildman–Crippen MR) is 115 cm³/mol. The third kappa shape index (κ3) is 3.18. The molecule has 0 N–H and O–H groups in total. The first-order valence-electron chi connectivity index (χ1n) is 9.03. The molecule has 0 radical (unpaired) electrons. The Morgan fingerprint density at radius 2 is 1.59 bits per heavy atom. The Labute approximate surface area is 159 Å². The van der Waals surface area contributed by atoms with Gasteiger partial charge in [-0.2, -0.15) is 0 Å². The summed E-state index contributed by atoms with van der Waals surface area (Å²) < 4.78 is 5.99. The predicted octanol–water partition coefficient (Wildman–Crippen LogP) is 7.37. The Morgan fingerprint density at radius 1 is 0.852 bits per heavy atom. The number of hydrogen-bond donors (Lipinski definition) is 0. The minimum Gasteiger partial charge on any atom is -0.456 e. The van der Waals surface area contributed by atoms with Crippen molar-refractivity contribution in [2.24, 2.45) is 0 Å². The van der Waals surface area contributed by atoms with Crippen molar-refractivity contribution in [2.75, 3.05) is 4.90 Å². The van der Waals surface area contributed by atoms with Crippen LogP contribution in [0.15, 0.2) is 114 Å². The number of furan rings is 1. The highest BCUT2D eigenvalue weighted by molar-refractivity contribution is 6.06. The van der Waals surface area contributed by atoms with E-state index in [2.05, 4.69) is 60.0 Å². The van der Waals surface area contributed by atoms with Crippen LogP contribution in [0.4, 0.5) is 11.4 Å². The fourth-order valence-electron chi connectivity index (χ4n) is 3.37. The van der Waals surface area contributed by atoms with Gasteiger partial charge in [-0.25, -0.2) is 0 Å². The third-order valence-electron chi connectivity index (χ3n) is 4.52. The van der Waals surface area contributed by atoms with Gasteiger partial charge >= 0.3 is 0 Å². The molecule has 0 saturated heterocycles. The molecule has 0 amide bonds. The van der Waals surface area contributed by atoms with Crippen LogP contribution in [0.3, 0.4) is 0 Å². The van der Waals surface area contributed by atoms with Gasteiger partial charge in [0, 0.05) is 27.8 Å². The van der Waals surface area contributed by atoms with Crippen molar-refractivity contribution in [3.8, 4) is 0 Å². The average Bonchev–Trinajstić information content (AvgIpc) is 3.08. The van der Waals surface area contributed by atoms with Gasteiger partial charge in [0.2, 0.25) is 0 Å². The Balaban J connectivity index is 1.95. The molecule has 0 saturated carbocycles. The van der Waals surface area contributed by atoms with Crippen LogP contribution in [0.5, 0.6) is 0 Å². The zero-order valence-corrected chi connectivity index (χ0v) is 15.3. The number of allylic oxidation sites excluding steroid dienone is 4. The van der Waals surface area contributed by atoms with Crippen LogP contribution in [0.1, 0.15) is 6.92 Å². The van der Waals surface area contributed by atoms with Crippen molar-refractivity contribution in [1.29, 1.82) is 0 Å². The monoisotopic (exact) mass is 351 g/mol. The fraction of sp³-hybridized carbons (Fsp3) is 0.0400. The summed E-state index contributed by atoms with van der Waals surface area (Å²) in [6.45, 7) is 5.90. The van der Waals surface area contributed by atoms with E-state index < -0.39 is 0 Å². The molecule has 2 nitrogen and oxygen atoms in total. The largest absolute Gasteiger partial charge is 0.456 e. The average molecular weight is 351 g/mol. The molecule has 0 fully saturated rings. The molecule has 4 rings (SSSR count). The molecule has 132 valence electrons. The van der Waals surface area contributed by atoms with Gasteiger partial charge < -0.3 is 9.32 Å².